The van der Waals surface area contributed by atoms with Crippen molar-refractivity contribution in [2.24, 2.45) is 0 Å². The molecule has 2 aromatic rings. The van der Waals surface area contributed by atoms with E-state index in [1.165, 1.54) is 8.96 Å². The Bertz CT molecular complexity index is 478. The Kier molecular flexibility index (Phi) is 2.71. The van der Waals surface area contributed by atoms with Crippen molar-refractivity contribution in [1.82, 2.24) is 0 Å². The third kappa shape index (κ3) is 1.67. The van der Waals surface area contributed by atoms with Gasteiger partial charge in [-0.3, -0.25) is 4.79 Å². The summed E-state index contributed by atoms with van der Waals surface area (Å²) in [6, 6.07) is 5.75. The number of aldehydes is 1. The average molecular weight is 367 g/mol. The van der Waals surface area contributed by atoms with Crippen molar-refractivity contribution in [3.8, 4) is 0 Å². The number of carbonyl (C=O) groups excluding carboxylic acids is 1. The van der Waals surface area contributed by atoms with E-state index in [1.807, 2.05) is 18.2 Å². The molecule has 1 heterocycles. The molecule has 2 rings (SSSR count). The van der Waals surface area contributed by atoms with Gasteiger partial charge in [-0.2, -0.15) is 0 Å². The predicted octanol–water partition coefficient (Wildman–Crippen LogP) is 4.08. The first kappa shape index (κ1) is 9.61. The third-order valence-corrected chi connectivity index (χ3v) is 5.80. The highest BCUT2D eigenvalue weighted by atomic mass is 127. The van der Waals surface area contributed by atoms with Crippen LogP contribution in [0.5, 0.6) is 0 Å². The van der Waals surface area contributed by atoms with E-state index in [2.05, 4.69) is 38.5 Å². The van der Waals surface area contributed by atoms with Gasteiger partial charge in [0.15, 0.2) is 0 Å². The molecule has 4 heteroatoms. The van der Waals surface area contributed by atoms with Crippen molar-refractivity contribution in [3.63, 3.8) is 0 Å². The van der Waals surface area contributed by atoms with Crippen LogP contribution < -0.4 is 0 Å². The Morgan fingerprint density at radius 3 is 2.92 bits per heavy atom. The third-order valence-electron chi connectivity index (χ3n) is 1.75. The monoisotopic (exact) mass is 366 g/mol. The van der Waals surface area contributed by atoms with E-state index in [0.29, 0.717) is 0 Å². The summed E-state index contributed by atoms with van der Waals surface area (Å²) in [6.45, 7) is 0. The Balaban J connectivity index is 2.79. The smallest absolute Gasteiger partial charge is 0.150 e. The lowest BCUT2D eigenvalue weighted by Gasteiger charge is -1.91. The van der Waals surface area contributed by atoms with Crippen LogP contribution in [0.2, 0.25) is 0 Å². The molecule has 0 saturated carbocycles. The fourth-order valence-electron chi connectivity index (χ4n) is 1.13. The number of halogens is 2. The van der Waals surface area contributed by atoms with Gasteiger partial charge in [-0.05, 0) is 44.6 Å². The van der Waals surface area contributed by atoms with Gasteiger partial charge in [0.2, 0.25) is 0 Å². The highest BCUT2D eigenvalue weighted by Crippen LogP contribution is 2.36. The van der Waals surface area contributed by atoms with Crippen LogP contribution in [0.25, 0.3) is 10.1 Å². The normalized spacial score (nSPS) is 10.6. The lowest BCUT2D eigenvalue weighted by atomic mass is 10.2. The molecule has 0 fully saturated rings. The van der Waals surface area contributed by atoms with Crippen LogP contribution in [0.15, 0.2) is 22.0 Å². The average Bonchev–Trinajstić information content (AvgIpc) is 2.42. The molecule has 0 unspecified atom stereocenters. The second-order valence-electron chi connectivity index (χ2n) is 2.56. The van der Waals surface area contributed by atoms with E-state index < -0.39 is 0 Å². The number of hydrogen-bond donors (Lipinski definition) is 0. The highest BCUT2D eigenvalue weighted by Gasteiger charge is 2.07. The first-order valence-electron chi connectivity index (χ1n) is 3.55. The fourth-order valence-corrected chi connectivity index (χ4v) is 3.71. The van der Waals surface area contributed by atoms with Crippen LogP contribution in [0.3, 0.4) is 0 Å². The van der Waals surface area contributed by atoms with Gasteiger partial charge in [0, 0.05) is 19.2 Å². The van der Waals surface area contributed by atoms with Crippen molar-refractivity contribution in [2.45, 2.75) is 0 Å². The first-order valence-corrected chi connectivity index (χ1v) is 6.24. The van der Waals surface area contributed by atoms with Crippen molar-refractivity contribution in [1.29, 1.82) is 0 Å². The number of rotatable bonds is 1. The van der Waals surface area contributed by atoms with Gasteiger partial charge in [-0.15, -0.1) is 11.3 Å². The largest absolute Gasteiger partial charge is 0.298 e. The van der Waals surface area contributed by atoms with Crippen molar-refractivity contribution < 1.29 is 4.79 Å². The number of hydrogen-bond acceptors (Lipinski definition) is 2. The minimum atomic E-state index is 0.734. The summed E-state index contributed by atoms with van der Waals surface area (Å²) in [5.41, 5.74) is 0.734. The molecule has 0 saturated heterocycles. The van der Waals surface area contributed by atoms with E-state index in [-0.39, 0.29) is 0 Å². The Morgan fingerprint density at radius 2 is 2.23 bits per heavy atom. The minimum absolute atomic E-state index is 0.734. The van der Waals surface area contributed by atoms with Crippen molar-refractivity contribution >= 4 is 66.2 Å². The Morgan fingerprint density at radius 1 is 1.46 bits per heavy atom. The summed E-state index contributed by atoms with van der Waals surface area (Å²) in [5, 5.41) is 1.21. The molecule has 13 heavy (non-hydrogen) atoms. The molecule has 0 radical (unpaired) electrons. The molecule has 1 aromatic heterocycles. The molecule has 0 N–H and O–H groups in total. The van der Waals surface area contributed by atoms with Crippen molar-refractivity contribution in [3.05, 3.63) is 31.1 Å². The molecule has 0 aliphatic heterocycles. The van der Waals surface area contributed by atoms with Gasteiger partial charge < -0.3 is 0 Å². The minimum Gasteiger partial charge on any atom is -0.298 e. The standard InChI is InChI=1S/C9H4BrIOS/c10-9-8(11)6-2-1-5(4-12)3-7(6)13-9/h1-4H. The van der Waals surface area contributed by atoms with Crippen molar-refractivity contribution in [2.75, 3.05) is 0 Å². The van der Waals surface area contributed by atoms with Gasteiger partial charge in [0.1, 0.15) is 6.29 Å². The molecule has 0 aliphatic carbocycles. The maximum atomic E-state index is 10.5. The van der Waals surface area contributed by atoms with Crippen LogP contribution in [-0.4, -0.2) is 6.29 Å². The topological polar surface area (TPSA) is 17.1 Å². The van der Waals surface area contributed by atoms with Gasteiger partial charge in [-0.25, -0.2) is 0 Å². The second kappa shape index (κ2) is 3.67. The maximum Gasteiger partial charge on any atom is 0.150 e. The molecular formula is C9H4BrIOS. The van der Waals surface area contributed by atoms with E-state index in [1.54, 1.807) is 11.3 Å². The summed E-state index contributed by atoms with van der Waals surface area (Å²) in [7, 11) is 0. The first-order chi connectivity index (χ1) is 6.22. The van der Waals surface area contributed by atoms with E-state index in [9.17, 15) is 4.79 Å². The molecule has 0 aliphatic rings. The molecule has 1 aromatic carbocycles. The second-order valence-corrected chi connectivity index (χ2v) is 6.01. The van der Waals surface area contributed by atoms with Crippen LogP contribution in [0.1, 0.15) is 10.4 Å². The van der Waals surface area contributed by atoms with E-state index in [0.717, 1.165) is 20.3 Å². The zero-order valence-corrected chi connectivity index (χ0v) is 10.9. The lowest BCUT2D eigenvalue weighted by Crippen LogP contribution is -1.76. The van der Waals surface area contributed by atoms with Gasteiger partial charge in [0.05, 0.1) is 3.79 Å². The SMILES string of the molecule is O=Cc1ccc2c(I)c(Br)sc2c1. The summed E-state index contributed by atoms with van der Waals surface area (Å²) >= 11 is 7.43. The van der Waals surface area contributed by atoms with E-state index in [4.69, 9.17) is 0 Å². The molecular weight excluding hydrogens is 363 g/mol. The Hall–Kier alpha value is 0.0600. The zero-order valence-electron chi connectivity index (χ0n) is 6.38. The molecule has 0 atom stereocenters. The lowest BCUT2D eigenvalue weighted by molar-refractivity contribution is 0.112. The number of thiophene rings is 1. The summed E-state index contributed by atoms with van der Waals surface area (Å²) < 4.78 is 3.50. The zero-order chi connectivity index (χ0) is 9.42. The highest BCUT2D eigenvalue weighted by molar-refractivity contribution is 14.1. The molecule has 66 valence electrons. The van der Waals surface area contributed by atoms with Crippen LogP contribution in [0, 0.1) is 3.57 Å². The number of carbonyl (C=O) groups is 1. The summed E-state index contributed by atoms with van der Waals surface area (Å²) in [5.74, 6) is 0. The predicted molar refractivity (Wildman–Crippen MR) is 67.6 cm³/mol. The maximum absolute atomic E-state index is 10.5. The number of fused-ring (bicyclic) bond motifs is 1. The van der Waals surface area contributed by atoms with Crippen LogP contribution >= 0.6 is 49.9 Å². The van der Waals surface area contributed by atoms with Gasteiger partial charge >= 0.3 is 0 Å². The Labute approximate surface area is 101 Å². The quantitative estimate of drug-likeness (QED) is 0.549. The van der Waals surface area contributed by atoms with Gasteiger partial charge in [0.25, 0.3) is 0 Å². The molecule has 0 amide bonds. The summed E-state index contributed by atoms with van der Waals surface area (Å²) in [6.07, 6.45) is 0.875. The van der Waals surface area contributed by atoms with E-state index >= 15 is 0 Å². The fraction of sp³-hybridized carbons (Fsp3) is 0. The number of benzene rings is 1. The molecule has 1 nitrogen and oxygen atoms in total. The molecule has 0 bridgehead atoms. The molecule has 0 spiro atoms. The van der Waals surface area contributed by atoms with Crippen LogP contribution in [0.4, 0.5) is 0 Å². The summed E-state index contributed by atoms with van der Waals surface area (Å²) in [4.78, 5) is 10.5. The van der Waals surface area contributed by atoms with Crippen LogP contribution in [-0.2, 0) is 0 Å². The van der Waals surface area contributed by atoms with Gasteiger partial charge in [-0.1, -0.05) is 12.1 Å².